The number of aromatic amines is 2. The molecule has 4 heteroatoms. The van der Waals surface area contributed by atoms with Gasteiger partial charge in [0.05, 0.1) is 16.9 Å². The van der Waals surface area contributed by atoms with Crippen LogP contribution in [0, 0.1) is 0 Å². The van der Waals surface area contributed by atoms with Gasteiger partial charge in [0.2, 0.25) is 0 Å². The first-order valence-corrected chi connectivity index (χ1v) is 7.88. The molecule has 0 bridgehead atoms. The van der Waals surface area contributed by atoms with E-state index in [2.05, 4.69) is 39.5 Å². The van der Waals surface area contributed by atoms with Crippen LogP contribution in [0.2, 0.25) is 0 Å². The highest BCUT2D eigenvalue weighted by molar-refractivity contribution is 5.89. The van der Waals surface area contributed by atoms with Crippen LogP contribution in [-0.4, -0.2) is 20.4 Å². The lowest BCUT2D eigenvalue weighted by atomic mass is 9.90. The summed E-state index contributed by atoms with van der Waals surface area (Å²) in [4.78, 5) is 0. The van der Waals surface area contributed by atoms with E-state index in [0.29, 0.717) is 5.92 Å². The molecule has 2 N–H and O–H groups in total. The monoisotopic (exact) mass is 280 g/mol. The Morgan fingerprint density at radius 3 is 2.76 bits per heavy atom. The summed E-state index contributed by atoms with van der Waals surface area (Å²) in [5, 5.41) is 16.3. The Morgan fingerprint density at radius 2 is 2.05 bits per heavy atom. The highest BCUT2D eigenvalue weighted by atomic mass is 15.1. The molecule has 21 heavy (non-hydrogen) atoms. The van der Waals surface area contributed by atoms with Crippen LogP contribution in [0.3, 0.4) is 0 Å². The van der Waals surface area contributed by atoms with E-state index in [1.54, 1.807) is 0 Å². The summed E-state index contributed by atoms with van der Waals surface area (Å²) in [7, 11) is 0. The second kappa shape index (κ2) is 5.02. The molecule has 0 radical (unpaired) electrons. The normalized spacial score (nSPS) is 16.0. The SMILES string of the molecule is CCc1n[nH]c2cc(-c3cc[nH]n3)cc(C3CCCC3)c12. The molecule has 1 aromatic carbocycles. The number of rotatable bonds is 3. The zero-order chi connectivity index (χ0) is 14.2. The Kier molecular flexibility index (Phi) is 3.02. The summed E-state index contributed by atoms with van der Waals surface area (Å²) in [6.07, 6.45) is 8.14. The predicted octanol–water partition coefficient (Wildman–Crippen LogP) is 4.17. The van der Waals surface area contributed by atoms with Crippen LogP contribution in [0.5, 0.6) is 0 Å². The highest BCUT2D eigenvalue weighted by Gasteiger charge is 2.22. The smallest absolute Gasteiger partial charge is 0.0921 e. The van der Waals surface area contributed by atoms with Gasteiger partial charge in [0, 0.05) is 17.1 Å². The summed E-state index contributed by atoms with van der Waals surface area (Å²) >= 11 is 0. The number of aromatic nitrogens is 4. The third-order valence-corrected chi connectivity index (χ3v) is 4.70. The van der Waals surface area contributed by atoms with Crippen molar-refractivity contribution < 1.29 is 0 Å². The maximum absolute atomic E-state index is 4.52. The Labute approximate surface area is 124 Å². The summed E-state index contributed by atoms with van der Waals surface area (Å²) in [5.41, 5.74) is 5.99. The van der Waals surface area contributed by atoms with Crippen molar-refractivity contribution in [3.8, 4) is 11.3 Å². The summed E-state index contributed by atoms with van der Waals surface area (Å²) < 4.78 is 0. The molecule has 1 saturated carbocycles. The van der Waals surface area contributed by atoms with Crippen LogP contribution in [0.15, 0.2) is 24.4 Å². The molecule has 1 aliphatic rings. The first kappa shape index (κ1) is 12.6. The van der Waals surface area contributed by atoms with Gasteiger partial charge in [-0.3, -0.25) is 10.2 Å². The van der Waals surface area contributed by atoms with Gasteiger partial charge in [0.15, 0.2) is 0 Å². The molecule has 1 aliphatic carbocycles. The molecule has 0 spiro atoms. The van der Waals surface area contributed by atoms with E-state index in [0.717, 1.165) is 17.6 Å². The minimum absolute atomic E-state index is 0.675. The number of hydrogen-bond acceptors (Lipinski definition) is 2. The molecule has 0 saturated heterocycles. The van der Waals surface area contributed by atoms with Crippen molar-refractivity contribution in [3.05, 3.63) is 35.7 Å². The molecule has 4 rings (SSSR count). The molecule has 0 atom stereocenters. The molecule has 1 fully saturated rings. The average Bonchev–Trinajstić information content (AvgIpc) is 3.25. The lowest BCUT2D eigenvalue weighted by molar-refractivity contribution is 0.729. The molecule has 2 aromatic heterocycles. The first-order chi connectivity index (χ1) is 10.4. The van der Waals surface area contributed by atoms with Crippen molar-refractivity contribution in [2.45, 2.75) is 44.9 Å². The highest BCUT2D eigenvalue weighted by Crippen LogP contribution is 2.40. The minimum Gasteiger partial charge on any atom is -0.285 e. The minimum atomic E-state index is 0.675. The molecule has 2 heterocycles. The van der Waals surface area contributed by atoms with E-state index in [9.17, 15) is 0 Å². The van der Waals surface area contributed by atoms with E-state index >= 15 is 0 Å². The van der Waals surface area contributed by atoms with E-state index in [1.807, 2.05) is 12.3 Å². The van der Waals surface area contributed by atoms with Crippen LogP contribution in [0.4, 0.5) is 0 Å². The first-order valence-electron chi connectivity index (χ1n) is 7.88. The van der Waals surface area contributed by atoms with E-state index in [-0.39, 0.29) is 0 Å². The quantitative estimate of drug-likeness (QED) is 0.756. The van der Waals surface area contributed by atoms with E-state index in [1.165, 1.54) is 47.9 Å². The van der Waals surface area contributed by atoms with Crippen molar-refractivity contribution in [3.63, 3.8) is 0 Å². The third-order valence-electron chi connectivity index (χ3n) is 4.70. The van der Waals surface area contributed by atoms with Gasteiger partial charge in [-0.25, -0.2) is 0 Å². The Bertz CT molecular complexity index is 749. The maximum Gasteiger partial charge on any atom is 0.0921 e. The second-order valence-electron chi connectivity index (χ2n) is 5.95. The zero-order valence-corrected chi connectivity index (χ0v) is 12.3. The molecule has 3 aromatic rings. The lowest BCUT2D eigenvalue weighted by Crippen LogP contribution is -1.96. The Balaban J connectivity index is 1.95. The summed E-state index contributed by atoms with van der Waals surface area (Å²) in [5.74, 6) is 0.675. The van der Waals surface area contributed by atoms with Crippen molar-refractivity contribution in [2.75, 3.05) is 0 Å². The molecule has 4 nitrogen and oxygen atoms in total. The van der Waals surface area contributed by atoms with Crippen LogP contribution < -0.4 is 0 Å². The zero-order valence-electron chi connectivity index (χ0n) is 12.3. The van der Waals surface area contributed by atoms with Crippen LogP contribution >= 0.6 is 0 Å². The maximum atomic E-state index is 4.52. The second-order valence-corrected chi connectivity index (χ2v) is 5.95. The van der Waals surface area contributed by atoms with E-state index < -0.39 is 0 Å². The van der Waals surface area contributed by atoms with Gasteiger partial charge in [0.1, 0.15) is 0 Å². The molecule has 0 unspecified atom stereocenters. The summed E-state index contributed by atoms with van der Waals surface area (Å²) in [6, 6.07) is 6.54. The van der Waals surface area contributed by atoms with Crippen LogP contribution in [0.25, 0.3) is 22.2 Å². The number of benzene rings is 1. The molecule has 108 valence electrons. The third kappa shape index (κ3) is 2.06. The Morgan fingerprint density at radius 1 is 1.19 bits per heavy atom. The van der Waals surface area contributed by atoms with Crippen molar-refractivity contribution in [1.82, 2.24) is 20.4 Å². The standard InChI is InChI=1S/C17H20N4/c1-2-14-17-13(11-5-3-4-6-11)9-12(10-16(17)21-20-14)15-7-8-18-19-15/h7-11H,2-6H2,1H3,(H,18,19)(H,20,21). The Hall–Kier alpha value is -2.10. The number of fused-ring (bicyclic) bond motifs is 1. The molecule has 0 amide bonds. The van der Waals surface area contributed by atoms with Gasteiger partial charge in [-0.1, -0.05) is 19.8 Å². The van der Waals surface area contributed by atoms with Gasteiger partial charge in [0.25, 0.3) is 0 Å². The van der Waals surface area contributed by atoms with Crippen molar-refractivity contribution in [1.29, 1.82) is 0 Å². The number of nitrogens with one attached hydrogen (secondary N) is 2. The fourth-order valence-corrected chi connectivity index (χ4v) is 3.64. The number of H-pyrrole nitrogens is 2. The number of hydrogen-bond donors (Lipinski definition) is 2. The lowest BCUT2D eigenvalue weighted by Gasteiger charge is -2.13. The van der Waals surface area contributed by atoms with Crippen molar-refractivity contribution >= 4 is 10.9 Å². The predicted molar refractivity (Wildman–Crippen MR) is 84.3 cm³/mol. The van der Waals surface area contributed by atoms with Gasteiger partial charge in [-0.05, 0) is 48.9 Å². The largest absolute Gasteiger partial charge is 0.285 e. The van der Waals surface area contributed by atoms with Crippen molar-refractivity contribution in [2.24, 2.45) is 0 Å². The topological polar surface area (TPSA) is 57.4 Å². The van der Waals surface area contributed by atoms with Crippen LogP contribution in [0.1, 0.15) is 49.8 Å². The fraction of sp³-hybridized carbons (Fsp3) is 0.412. The van der Waals surface area contributed by atoms with Gasteiger partial charge in [-0.2, -0.15) is 10.2 Å². The van der Waals surface area contributed by atoms with E-state index in [4.69, 9.17) is 0 Å². The van der Waals surface area contributed by atoms with Gasteiger partial charge in [-0.15, -0.1) is 0 Å². The number of nitrogens with zero attached hydrogens (tertiary/aromatic N) is 2. The van der Waals surface area contributed by atoms with Crippen LogP contribution in [-0.2, 0) is 6.42 Å². The molecular weight excluding hydrogens is 260 g/mol. The van der Waals surface area contributed by atoms with Gasteiger partial charge < -0.3 is 0 Å². The molecule has 0 aliphatic heterocycles. The number of aryl methyl sites for hydroxylation is 1. The summed E-state index contributed by atoms with van der Waals surface area (Å²) in [6.45, 7) is 2.18. The fourth-order valence-electron chi connectivity index (χ4n) is 3.64. The molecular formula is C17H20N4. The van der Waals surface area contributed by atoms with Gasteiger partial charge >= 0.3 is 0 Å². The average molecular weight is 280 g/mol.